The van der Waals surface area contributed by atoms with Gasteiger partial charge in [0, 0.05) is 0 Å². The first kappa shape index (κ1) is 11.7. The Bertz CT molecular complexity index is 143. The van der Waals surface area contributed by atoms with Gasteiger partial charge < -0.3 is 10.1 Å². The van der Waals surface area contributed by atoms with E-state index in [0.29, 0.717) is 10.9 Å². The van der Waals surface area contributed by atoms with Crippen LogP contribution in [0.2, 0.25) is 0 Å². The average molecular weight is 207 g/mol. The van der Waals surface area contributed by atoms with Gasteiger partial charge in [-0.05, 0) is 12.7 Å². The SMILES string of the molecule is CCOC(=O)CNC(=S)SCC. The molecule has 0 radical (unpaired) electrons. The predicted molar refractivity (Wildman–Crippen MR) is 55.4 cm³/mol. The molecule has 0 aliphatic rings. The van der Waals surface area contributed by atoms with Crippen molar-refractivity contribution in [3.8, 4) is 0 Å². The number of esters is 1. The van der Waals surface area contributed by atoms with E-state index >= 15 is 0 Å². The molecule has 70 valence electrons. The second kappa shape index (κ2) is 7.36. The zero-order valence-electron chi connectivity index (χ0n) is 7.25. The quantitative estimate of drug-likeness (QED) is 0.553. The van der Waals surface area contributed by atoms with Gasteiger partial charge in [0.15, 0.2) is 0 Å². The Kier molecular flexibility index (Phi) is 7.19. The number of hydrogen-bond acceptors (Lipinski definition) is 4. The summed E-state index contributed by atoms with van der Waals surface area (Å²) in [6.45, 7) is 4.36. The molecule has 12 heavy (non-hydrogen) atoms. The van der Waals surface area contributed by atoms with E-state index in [1.807, 2.05) is 6.92 Å². The van der Waals surface area contributed by atoms with Crippen molar-refractivity contribution in [1.82, 2.24) is 5.32 Å². The van der Waals surface area contributed by atoms with Gasteiger partial charge in [-0.25, -0.2) is 0 Å². The van der Waals surface area contributed by atoms with E-state index in [0.717, 1.165) is 5.75 Å². The highest BCUT2D eigenvalue weighted by molar-refractivity contribution is 8.22. The van der Waals surface area contributed by atoms with E-state index in [9.17, 15) is 4.79 Å². The lowest BCUT2D eigenvalue weighted by Gasteiger charge is -2.04. The second-order valence-electron chi connectivity index (χ2n) is 1.88. The molecule has 0 aliphatic carbocycles. The van der Waals surface area contributed by atoms with Gasteiger partial charge >= 0.3 is 5.97 Å². The van der Waals surface area contributed by atoms with Crippen LogP contribution in [0.15, 0.2) is 0 Å². The van der Waals surface area contributed by atoms with Crippen LogP contribution in [0.5, 0.6) is 0 Å². The van der Waals surface area contributed by atoms with Gasteiger partial charge in [0.25, 0.3) is 0 Å². The van der Waals surface area contributed by atoms with E-state index in [1.54, 1.807) is 6.92 Å². The van der Waals surface area contributed by atoms with Gasteiger partial charge in [-0.1, -0.05) is 30.9 Å². The molecule has 0 bridgehead atoms. The minimum atomic E-state index is -0.267. The maximum absolute atomic E-state index is 10.8. The summed E-state index contributed by atoms with van der Waals surface area (Å²) < 4.78 is 5.34. The lowest BCUT2D eigenvalue weighted by molar-refractivity contribution is -0.141. The van der Waals surface area contributed by atoms with E-state index in [-0.39, 0.29) is 12.5 Å². The van der Waals surface area contributed by atoms with Crippen molar-refractivity contribution < 1.29 is 9.53 Å². The molecule has 0 amide bonds. The Morgan fingerprint density at radius 3 is 2.75 bits per heavy atom. The number of carbonyl (C=O) groups is 1. The van der Waals surface area contributed by atoms with Crippen molar-refractivity contribution in [2.75, 3.05) is 18.9 Å². The highest BCUT2D eigenvalue weighted by Gasteiger charge is 2.01. The third-order valence-corrected chi connectivity index (χ3v) is 2.15. The van der Waals surface area contributed by atoms with Crippen molar-refractivity contribution in [3.05, 3.63) is 0 Å². The standard InChI is InChI=1S/C7H13NO2S2/c1-3-10-6(9)5-8-7(11)12-4-2/h3-5H2,1-2H3,(H,8,11). The van der Waals surface area contributed by atoms with Crippen molar-refractivity contribution in [3.63, 3.8) is 0 Å². The smallest absolute Gasteiger partial charge is 0.325 e. The molecule has 0 saturated heterocycles. The van der Waals surface area contributed by atoms with Crippen LogP contribution in [0, 0.1) is 0 Å². The minimum absolute atomic E-state index is 0.166. The lowest BCUT2D eigenvalue weighted by Crippen LogP contribution is -2.27. The zero-order valence-corrected chi connectivity index (χ0v) is 8.89. The molecule has 0 heterocycles. The molecule has 3 nitrogen and oxygen atoms in total. The van der Waals surface area contributed by atoms with E-state index in [2.05, 4.69) is 5.32 Å². The Morgan fingerprint density at radius 2 is 2.25 bits per heavy atom. The van der Waals surface area contributed by atoms with Crippen LogP contribution >= 0.6 is 24.0 Å². The Balaban J connectivity index is 3.40. The highest BCUT2D eigenvalue weighted by atomic mass is 32.2. The van der Waals surface area contributed by atoms with Gasteiger partial charge in [0.1, 0.15) is 10.9 Å². The fourth-order valence-electron chi connectivity index (χ4n) is 0.538. The van der Waals surface area contributed by atoms with Crippen LogP contribution in [-0.2, 0) is 9.53 Å². The van der Waals surface area contributed by atoms with Gasteiger partial charge in [-0.3, -0.25) is 4.79 Å². The van der Waals surface area contributed by atoms with Crippen LogP contribution in [0.3, 0.4) is 0 Å². The highest BCUT2D eigenvalue weighted by Crippen LogP contribution is 1.99. The molecular weight excluding hydrogens is 194 g/mol. The summed E-state index contributed by atoms with van der Waals surface area (Å²) >= 11 is 6.40. The van der Waals surface area contributed by atoms with Crippen molar-refractivity contribution >= 4 is 34.3 Å². The van der Waals surface area contributed by atoms with Gasteiger partial charge in [-0.15, -0.1) is 0 Å². The first-order valence-corrected chi connectivity index (χ1v) is 5.16. The Hall–Kier alpha value is -0.290. The van der Waals surface area contributed by atoms with Crippen LogP contribution in [-0.4, -0.2) is 29.2 Å². The number of rotatable bonds is 4. The van der Waals surface area contributed by atoms with Gasteiger partial charge in [0.2, 0.25) is 0 Å². The summed E-state index contributed by atoms with van der Waals surface area (Å²) in [5, 5.41) is 2.79. The second-order valence-corrected chi connectivity index (χ2v) is 3.82. The molecule has 0 aromatic rings. The minimum Gasteiger partial charge on any atom is -0.465 e. The molecule has 0 atom stereocenters. The predicted octanol–water partition coefficient (Wildman–Crippen LogP) is 1.18. The molecule has 0 rings (SSSR count). The molecule has 0 fully saturated rings. The largest absolute Gasteiger partial charge is 0.465 e. The lowest BCUT2D eigenvalue weighted by atomic mass is 10.6. The van der Waals surface area contributed by atoms with Crippen molar-refractivity contribution in [2.24, 2.45) is 0 Å². The first-order chi connectivity index (χ1) is 5.70. The van der Waals surface area contributed by atoms with Crippen LogP contribution in [0.4, 0.5) is 0 Å². The molecule has 0 aromatic heterocycles. The van der Waals surface area contributed by atoms with E-state index in [1.165, 1.54) is 11.8 Å². The van der Waals surface area contributed by atoms with Crippen molar-refractivity contribution in [1.29, 1.82) is 0 Å². The zero-order chi connectivity index (χ0) is 9.40. The molecule has 0 aliphatic heterocycles. The van der Waals surface area contributed by atoms with Crippen LogP contribution < -0.4 is 5.32 Å². The molecule has 0 unspecified atom stereocenters. The molecule has 0 spiro atoms. The van der Waals surface area contributed by atoms with E-state index < -0.39 is 0 Å². The fourth-order valence-corrected chi connectivity index (χ4v) is 1.40. The molecule has 0 saturated carbocycles. The third kappa shape index (κ3) is 6.42. The fraction of sp³-hybridized carbons (Fsp3) is 0.714. The number of carbonyl (C=O) groups excluding carboxylic acids is 1. The Morgan fingerprint density at radius 1 is 1.58 bits per heavy atom. The monoisotopic (exact) mass is 207 g/mol. The van der Waals surface area contributed by atoms with Gasteiger partial charge in [0.05, 0.1) is 6.61 Å². The first-order valence-electron chi connectivity index (χ1n) is 3.77. The summed E-state index contributed by atoms with van der Waals surface area (Å²) in [4.78, 5) is 10.8. The molecule has 1 N–H and O–H groups in total. The Labute approximate surface area is 82.2 Å². The van der Waals surface area contributed by atoms with Crippen molar-refractivity contribution in [2.45, 2.75) is 13.8 Å². The number of nitrogens with one attached hydrogen (secondary N) is 1. The summed E-state index contributed by atoms with van der Waals surface area (Å²) in [5.74, 6) is 0.644. The number of hydrogen-bond donors (Lipinski definition) is 1. The van der Waals surface area contributed by atoms with Crippen LogP contribution in [0.1, 0.15) is 13.8 Å². The van der Waals surface area contributed by atoms with Gasteiger partial charge in [-0.2, -0.15) is 0 Å². The molecule has 0 aromatic carbocycles. The maximum atomic E-state index is 10.8. The van der Waals surface area contributed by atoms with E-state index in [4.69, 9.17) is 17.0 Å². The third-order valence-electron chi connectivity index (χ3n) is 0.958. The number of thiocarbonyl (C=S) groups is 1. The number of thioether (sulfide) groups is 1. The normalized spacial score (nSPS) is 9.17. The number of ether oxygens (including phenoxy) is 1. The summed E-state index contributed by atoms with van der Waals surface area (Å²) in [7, 11) is 0. The molecular formula is C7H13NO2S2. The topological polar surface area (TPSA) is 38.3 Å². The summed E-state index contributed by atoms with van der Waals surface area (Å²) in [6.07, 6.45) is 0. The molecule has 5 heteroatoms. The maximum Gasteiger partial charge on any atom is 0.325 e. The summed E-state index contributed by atoms with van der Waals surface area (Å²) in [5.41, 5.74) is 0. The summed E-state index contributed by atoms with van der Waals surface area (Å²) in [6, 6.07) is 0. The average Bonchev–Trinajstić information content (AvgIpc) is 2.02. The van der Waals surface area contributed by atoms with Crippen LogP contribution in [0.25, 0.3) is 0 Å².